The molecule has 0 aromatic heterocycles. The average Bonchev–Trinajstić information content (AvgIpc) is 2.38. The smallest absolute Gasteiger partial charge is 0.223 e. The molecule has 0 saturated carbocycles. The van der Waals surface area contributed by atoms with Gasteiger partial charge in [0, 0.05) is 13.5 Å². The molecule has 0 N–H and O–H groups in total. The van der Waals surface area contributed by atoms with Crippen LogP contribution in [0.25, 0.3) is 0 Å². The summed E-state index contributed by atoms with van der Waals surface area (Å²) in [7, 11) is 1.70. The molecule has 0 radical (unpaired) electrons. The minimum Gasteiger partial charge on any atom is -0.326 e. The van der Waals surface area contributed by atoms with Crippen molar-refractivity contribution in [3.05, 3.63) is 35.4 Å². The molecule has 0 heterocycles. The zero-order chi connectivity index (χ0) is 13.5. The average molecular weight is 244 g/mol. The predicted molar refractivity (Wildman–Crippen MR) is 71.8 cm³/mol. The molecule has 0 aliphatic rings. The highest BCUT2D eigenvalue weighted by Crippen LogP contribution is 2.20. The van der Waals surface area contributed by atoms with Gasteiger partial charge in [-0.1, -0.05) is 43.2 Å². The summed E-state index contributed by atoms with van der Waals surface area (Å²) in [4.78, 5) is 13.5. The second-order valence-corrected chi connectivity index (χ2v) is 4.55. The Morgan fingerprint density at radius 2 is 2.00 bits per heavy atom. The largest absolute Gasteiger partial charge is 0.326 e. The van der Waals surface area contributed by atoms with Gasteiger partial charge in [0.2, 0.25) is 5.91 Å². The van der Waals surface area contributed by atoms with E-state index in [1.165, 1.54) is 0 Å². The quantitative estimate of drug-likeness (QED) is 0.798. The van der Waals surface area contributed by atoms with E-state index in [1.807, 2.05) is 31.2 Å². The highest BCUT2D eigenvalue weighted by molar-refractivity contribution is 5.76. The van der Waals surface area contributed by atoms with Crippen LogP contribution in [0.5, 0.6) is 0 Å². The number of benzene rings is 1. The van der Waals surface area contributed by atoms with E-state index in [0.29, 0.717) is 6.42 Å². The van der Waals surface area contributed by atoms with Crippen LogP contribution in [0.2, 0.25) is 0 Å². The summed E-state index contributed by atoms with van der Waals surface area (Å²) in [5.41, 5.74) is 2.02. The standard InChI is InChI=1S/C15H20N2O/c1-4-5-6-15(18)17(3)14(11-16)13-9-7-12(2)8-10-13/h7-10,14H,4-6H2,1-3H3. The van der Waals surface area contributed by atoms with Crippen LogP contribution in [0.4, 0.5) is 0 Å². The topological polar surface area (TPSA) is 44.1 Å². The molecule has 0 saturated heterocycles. The van der Waals surface area contributed by atoms with E-state index in [9.17, 15) is 10.1 Å². The third-order valence-corrected chi connectivity index (χ3v) is 3.04. The van der Waals surface area contributed by atoms with Gasteiger partial charge in [-0.2, -0.15) is 5.26 Å². The van der Waals surface area contributed by atoms with Gasteiger partial charge >= 0.3 is 0 Å². The van der Waals surface area contributed by atoms with Crippen molar-refractivity contribution < 1.29 is 4.79 Å². The van der Waals surface area contributed by atoms with Gasteiger partial charge in [-0.25, -0.2) is 0 Å². The number of unbranched alkanes of at least 4 members (excludes halogenated alkanes) is 1. The minimum absolute atomic E-state index is 0.0315. The Kier molecular flexibility index (Phi) is 5.38. The number of carbonyl (C=O) groups excluding carboxylic acids is 1. The van der Waals surface area contributed by atoms with Crippen LogP contribution < -0.4 is 0 Å². The summed E-state index contributed by atoms with van der Waals surface area (Å²) >= 11 is 0. The molecule has 18 heavy (non-hydrogen) atoms. The first-order valence-corrected chi connectivity index (χ1v) is 6.32. The molecule has 96 valence electrons. The van der Waals surface area contributed by atoms with E-state index in [0.717, 1.165) is 24.0 Å². The zero-order valence-corrected chi connectivity index (χ0v) is 11.3. The lowest BCUT2D eigenvalue weighted by molar-refractivity contribution is -0.131. The summed E-state index contributed by atoms with van der Waals surface area (Å²) in [6.07, 6.45) is 2.37. The van der Waals surface area contributed by atoms with Gasteiger partial charge in [0.25, 0.3) is 0 Å². The van der Waals surface area contributed by atoms with E-state index in [4.69, 9.17) is 0 Å². The monoisotopic (exact) mass is 244 g/mol. The summed E-state index contributed by atoms with van der Waals surface area (Å²) in [5, 5.41) is 9.25. The van der Waals surface area contributed by atoms with E-state index in [2.05, 4.69) is 13.0 Å². The molecule has 0 aliphatic carbocycles. The van der Waals surface area contributed by atoms with Crippen molar-refractivity contribution in [3.63, 3.8) is 0 Å². The maximum atomic E-state index is 11.9. The van der Waals surface area contributed by atoms with Gasteiger partial charge in [0.05, 0.1) is 6.07 Å². The summed E-state index contributed by atoms with van der Waals surface area (Å²) in [6.45, 7) is 4.05. The van der Waals surface area contributed by atoms with Crippen molar-refractivity contribution in [2.75, 3.05) is 7.05 Å². The fourth-order valence-corrected chi connectivity index (χ4v) is 1.78. The SMILES string of the molecule is CCCCC(=O)N(C)C(C#N)c1ccc(C)cc1. The highest BCUT2D eigenvalue weighted by atomic mass is 16.2. The van der Waals surface area contributed by atoms with Crippen molar-refractivity contribution >= 4 is 5.91 Å². The number of carbonyl (C=O) groups is 1. The summed E-state index contributed by atoms with van der Waals surface area (Å²) < 4.78 is 0. The van der Waals surface area contributed by atoms with Crippen molar-refractivity contribution in [2.45, 2.75) is 39.2 Å². The number of rotatable bonds is 5. The summed E-state index contributed by atoms with van der Waals surface area (Å²) in [6, 6.07) is 9.45. The van der Waals surface area contributed by atoms with Gasteiger partial charge < -0.3 is 4.90 Å². The Bertz CT molecular complexity index is 431. The minimum atomic E-state index is -0.491. The van der Waals surface area contributed by atoms with Crippen LogP contribution in [-0.4, -0.2) is 17.9 Å². The first-order chi connectivity index (χ1) is 8.60. The number of hydrogen-bond donors (Lipinski definition) is 0. The molecule has 3 nitrogen and oxygen atoms in total. The van der Waals surface area contributed by atoms with Crippen LogP contribution in [0.15, 0.2) is 24.3 Å². The van der Waals surface area contributed by atoms with Gasteiger partial charge in [-0.3, -0.25) is 4.79 Å². The molecule has 0 bridgehead atoms. The molecule has 0 aliphatic heterocycles. The van der Waals surface area contributed by atoms with Crippen molar-refractivity contribution in [1.29, 1.82) is 5.26 Å². The lowest BCUT2D eigenvalue weighted by Crippen LogP contribution is -2.30. The molecule has 1 aromatic rings. The fraction of sp³-hybridized carbons (Fsp3) is 0.467. The molecule has 0 spiro atoms. The molecule has 3 heteroatoms. The predicted octanol–water partition coefficient (Wildman–Crippen LogP) is 3.21. The molecule has 1 atom stereocenters. The molecule has 1 aromatic carbocycles. The van der Waals surface area contributed by atoms with Crippen LogP contribution in [0.3, 0.4) is 0 Å². The zero-order valence-electron chi connectivity index (χ0n) is 11.3. The van der Waals surface area contributed by atoms with Crippen molar-refractivity contribution in [3.8, 4) is 6.07 Å². The van der Waals surface area contributed by atoms with E-state index < -0.39 is 6.04 Å². The van der Waals surface area contributed by atoms with Crippen LogP contribution in [-0.2, 0) is 4.79 Å². The summed E-state index contributed by atoms with van der Waals surface area (Å²) in [5.74, 6) is 0.0315. The van der Waals surface area contributed by atoms with Crippen LogP contribution >= 0.6 is 0 Å². The Balaban J connectivity index is 2.80. The van der Waals surface area contributed by atoms with E-state index in [1.54, 1.807) is 11.9 Å². The van der Waals surface area contributed by atoms with Gasteiger partial charge in [0.15, 0.2) is 0 Å². The van der Waals surface area contributed by atoms with E-state index >= 15 is 0 Å². The first kappa shape index (κ1) is 14.2. The highest BCUT2D eigenvalue weighted by Gasteiger charge is 2.20. The Labute approximate surface area is 109 Å². The first-order valence-electron chi connectivity index (χ1n) is 6.32. The third-order valence-electron chi connectivity index (χ3n) is 3.04. The number of amides is 1. The molecule has 0 fully saturated rings. The molecular weight excluding hydrogens is 224 g/mol. The second-order valence-electron chi connectivity index (χ2n) is 4.55. The number of hydrogen-bond acceptors (Lipinski definition) is 2. The molecule has 1 rings (SSSR count). The van der Waals surface area contributed by atoms with Crippen LogP contribution in [0, 0.1) is 18.3 Å². The van der Waals surface area contributed by atoms with Crippen molar-refractivity contribution in [1.82, 2.24) is 4.90 Å². The molecule has 1 amide bonds. The van der Waals surface area contributed by atoms with Gasteiger partial charge in [-0.05, 0) is 18.9 Å². The van der Waals surface area contributed by atoms with Crippen LogP contribution in [0.1, 0.15) is 43.4 Å². The maximum Gasteiger partial charge on any atom is 0.223 e. The second kappa shape index (κ2) is 6.80. The normalized spacial score (nSPS) is 11.7. The number of aryl methyl sites for hydroxylation is 1. The van der Waals surface area contributed by atoms with E-state index in [-0.39, 0.29) is 5.91 Å². The Morgan fingerprint density at radius 3 is 2.50 bits per heavy atom. The molecular formula is C15H20N2O. The number of nitriles is 1. The lowest BCUT2D eigenvalue weighted by atomic mass is 10.0. The van der Waals surface area contributed by atoms with Gasteiger partial charge in [0.1, 0.15) is 6.04 Å². The third kappa shape index (κ3) is 3.59. The lowest BCUT2D eigenvalue weighted by Gasteiger charge is -2.23. The van der Waals surface area contributed by atoms with Gasteiger partial charge in [-0.15, -0.1) is 0 Å². The Hall–Kier alpha value is -1.82. The molecule has 1 unspecified atom stereocenters. The maximum absolute atomic E-state index is 11.9. The fourth-order valence-electron chi connectivity index (χ4n) is 1.78. The Morgan fingerprint density at radius 1 is 1.39 bits per heavy atom. The number of nitrogens with zero attached hydrogens (tertiary/aromatic N) is 2. The van der Waals surface area contributed by atoms with Crippen molar-refractivity contribution in [2.24, 2.45) is 0 Å².